The maximum absolute atomic E-state index is 12.1. The van der Waals surface area contributed by atoms with Gasteiger partial charge in [0.2, 0.25) is 5.91 Å². The van der Waals surface area contributed by atoms with E-state index in [0.29, 0.717) is 17.0 Å². The highest BCUT2D eigenvalue weighted by Crippen LogP contribution is 2.24. The van der Waals surface area contributed by atoms with Gasteiger partial charge in [0.25, 0.3) is 0 Å². The van der Waals surface area contributed by atoms with Gasteiger partial charge in [0.15, 0.2) is 0 Å². The number of benzene rings is 2. The number of halogens is 4. The molecule has 4 nitrogen and oxygen atoms in total. The van der Waals surface area contributed by atoms with Crippen molar-refractivity contribution in [3.8, 4) is 5.75 Å². The molecule has 0 heterocycles. The van der Waals surface area contributed by atoms with Gasteiger partial charge in [0.1, 0.15) is 5.75 Å². The second kappa shape index (κ2) is 8.91. The lowest BCUT2D eigenvalue weighted by atomic mass is 10.1. The van der Waals surface area contributed by atoms with Gasteiger partial charge in [-0.1, -0.05) is 35.9 Å². The molecule has 2 N–H and O–H groups in total. The monoisotopic (exact) mass is 387 g/mol. The zero-order valence-corrected chi connectivity index (χ0v) is 14.3. The molecular weight excluding hydrogens is 371 g/mol. The fraction of sp³-hybridized carbons (Fsp3) is 0.278. The van der Waals surface area contributed by atoms with E-state index in [-0.39, 0.29) is 24.6 Å². The topological polar surface area (TPSA) is 58.6 Å². The minimum atomic E-state index is -4.77. The van der Waals surface area contributed by atoms with Gasteiger partial charge in [0, 0.05) is 18.0 Å². The van der Waals surface area contributed by atoms with Crippen molar-refractivity contribution in [1.29, 1.82) is 0 Å². The largest absolute Gasteiger partial charge is 0.573 e. The lowest BCUT2D eigenvalue weighted by Gasteiger charge is -2.14. The summed E-state index contributed by atoms with van der Waals surface area (Å²) in [6.07, 6.45) is -5.07. The molecule has 1 amide bonds. The van der Waals surface area contributed by atoms with Crippen LogP contribution in [0.2, 0.25) is 5.02 Å². The Kier molecular flexibility index (Phi) is 6.88. The third kappa shape index (κ3) is 6.93. The van der Waals surface area contributed by atoms with Crippen LogP contribution in [0.5, 0.6) is 5.75 Å². The molecule has 0 spiro atoms. The maximum Gasteiger partial charge on any atom is 0.573 e. The van der Waals surface area contributed by atoms with Crippen LogP contribution in [0, 0.1) is 0 Å². The van der Waals surface area contributed by atoms with Crippen LogP contribution < -0.4 is 10.1 Å². The number of aliphatic hydroxyl groups excluding tert-OH is 1. The van der Waals surface area contributed by atoms with Crippen molar-refractivity contribution in [3.63, 3.8) is 0 Å². The Balaban J connectivity index is 1.78. The Morgan fingerprint density at radius 1 is 1.19 bits per heavy atom. The molecular formula is C18H17ClF3NO3. The number of alkyl halides is 3. The SMILES string of the molecule is O=C(CCc1cccc(Cl)c1)NCC(O)c1ccc(OC(F)(F)F)cc1. The second-order valence-electron chi connectivity index (χ2n) is 5.57. The fourth-order valence-corrected chi connectivity index (χ4v) is 2.47. The third-order valence-corrected chi connectivity index (χ3v) is 3.76. The number of hydrogen-bond donors (Lipinski definition) is 2. The molecule has 2 aromatic carbocycles. The molecule has 0 aliphatic rings. The Morgan fingerprint density at radius 3 is 2.50 bits per heavy atom. The lowest BCUT2D eigenvalue weighted by Crippen LogP contribution is -2.28. The molecule has 0 saturated carbocycles. The van der Waals surface area contributed by atoms with Gasteiger partial charge in [0.05, 0.1) is 6.10 Å². The third-order valence-electron chi connectivity index (χ3n) is 3.52. The molecule has 0 aliphatic heterocycles. The quantitative estimate of drug-likeness (QED) is 0.754. The standard InChI is InChI=1S/C18H17ClF3NO3/c19-14-3-1-2-12(10-14)4-9-17(25)23-11-16(24)13-5-7-15(8-6-13)26-18(20,21)22/h1-3,5-8,10,16,24H,4,9,11H2,(H,23,25). The average molecular weight is 388 g/mol. The van der Waals surface area contributed by atoms with Crippen molar-refractivity contribution in [2.75, 3.05) is 6.54 Å². The van der Waals surface area contributed by atoms with Crippen LogP contribution in [0.3, 0.4) is 0 Å². The van der Waals surface area contributed by atoms with E-state index < -0.39 is 12.5 Å². The van der Waals surface area contributed by atoms with Crippen LogP contribution in [0.1, 0.15) is 23.7 Å². The van der Waals surface area contributed by atoms with E-state index in [4.69, 9.17) is 11.6 Å². The van der Waals surface area contributed by atoms with Crippen LogP contribution in [0.25, 0.3) is 0 Å². The second-order valence-corrected chi connectivity index (χ2v) is 6.00. The van der Waals surface area contributed by atoms with Gasteiger partial charge in [-0.25, -0.2) is 0 Å². The Morgan fingerprint density at radius 2 is 1.88 bits per heavy atom. The summed E-state index contributed by atoms with van der Waals surface area (Å²) in [5.74, 6) is -0.625. The molecule has 8 heteroatoms. The van der Waals surface area contributed by atoms with Crippen molar-refractivity contribution >= 4 is 17.5 Å². The maximum atomic E-state index is 12.1. The van der Waals surface area contributed by atoms with Gasteiger partial charge in [-0.05, 0) is 41.8 Å². The number of hydrogen-bond acceptors (Lipinski definition) is 3. The molecule has 0 saturated heterocycles. The summed E-state index contributed by atoms with van der Waals surface area (Å²) in [4.78, 5) is 11.8. The summed E-state index contributed by atoms with van der Waals surface area (Å²) in [7, 11) is 0. The average Bonchev–Trinajstić information content (AvgIpc) is 2.57. The van der Waals surface area contributed by atoms with Crippen molar-refractivity contribution < 1.29 is 27.8 Å². The highest BCUT2D eigenvalue weighted by molar-refractivity contribution is 6.30. The van der Waals surface area contributed by atoms with E-state index >= 15 is 0 Å². The minimum absolute atomic E-state index is 0.0478. The first kappa shape index (κ1) is 20.1. The zero-order valence-electron chi connectivity index (χ0n) is 13.6. The van der Waals surface area contributed by atoms with E-state index in [1.807, 2.05) is 6.07 Å². The zero-order chi connectivity index (χ0) is 19.2. The number of carbonyl (C=O) groups is 1. The summed E-state index contributed by atoms with van der Waals surface area (Å²) in [5, 5.41) is 13.2. The van der Waals surface area contributed by atoms with Gasteiger partial charge in [-0.3, -0.25) is 4.79 Å². The van der Waals surface area contributed by atoms with Crippen molar-refractivity contribution in [2.45, 2.75) is 25.3 Å². The molecule has 2 aromatic rings. The molecule has 0 bridgehead atoms. The van der Waals surface area contributed by atoms with E-state index in [1.165, 1.54) is 12.1 Å². The van der Waals surface area contributed by atoms with Crippen LogP contribution in [-0.4, -0.2) is 23.9 Å². The summed E-state index contributed by atoms with van der Waals surface area (Å²) < 4.78 is 40.1. The highest BCUT2D eigenvalue weighted by Gasteiger charge is 2.31. The Bertz CT molecular complexity index is 735. The van der Waals surface area contributed by atoms with Gasteiger partial charge < -0.3 is 15.2 Å². The predicted molar refractivity (Wildman–Crippen MR) is 90.9 cm³/mol. The highest BCUT2D eigenvalue weighted by atomic mass is 35.5. The number of rotatable bonds is 7. The number of ether oxygens (including phenoxy) is 1. The number of aryl methyl sites for hydroxylation is 1. The molecule has 0 aromatic heterocycles. The van der Waals surface area contributed by atoms with Crippen molar-refractivity contribution in [1.82, 2.24) is 5.32 Å². The summed E-state index contributed by atoms with van der Waals surface area (Å²) >= 11 is 5.87. The van der Waals surface area contributed by atoms with Gasteiger partial charge in [-0.15, -0.1) is 13.2 Å². The number of nitrogens with one attached hydrogen (secondary N) is 1. The first-order chi connectivity index (χ1) is 12.2. The van der Waals surface area contributed by atoms with E-state index in [2.05, 4.69) is 10.1 Å². The molecule has 0 fully saturated rings. The Labute approximate surface area is 153 Å². The fourth-order valence-electron chi connectivity index (χ4n) is 2.26. The summed E-state index contributed by atoms with van der Waals surface area (Å²) in [6, 6.07) is 12.0. The Hall–Kier alpha value is -2.25. The molecule has 0 aliphatic carbocycles. The van der Waals surface area contributed by atoms with E-state index in [1.54, 1.807) is 18.2 Å². The first-order valence-corrected chi connectivity index (χ1v) is 8.15. The van der Waals surface area contributed by atoms with Crippen LogP contribution in [0.15, 0.2) is 48.5 Å². The number of amides is 1. The predicted octanol–water partition coefficient (Wildman–Crippen LogP) is 4.02. The molecule has 26 heavy (non-hydrogen) atoms. The van der Waals surface area contributed by atoms with Crippen molar-refractivity contribution in [2.24, 2.45) is 0 Å². The minimum Gasteiger partial charge on any atom is -0.406 e. The van der Waals surface area contributed by atoms with Gasteiger partial charge >= 0.3 is 6.36 Å². The van der Waals surface area contributed by atoms with Crippen LogP contribution in [-0.2, 0) is 11.2 Å². The molecule has 1 unspecified atom stereocenters. The molecule has 2 rings (SSSR count). The lowest BCUT2D eigenvalue weighted by molar-refractivity contribution is -0.274. The normalized spacial score (nSPS) is 12.5. The smallest absolute Gasteiger partial charge is 0.406 e. The molecule has 140 valence electrons. The van der Waals surface area contributed by atoms with E-state index in [9.17, 15) is 23.1 Å². The number of aliphatic hydroxyl groups is 1. The molecule has 0 radical (unpaired) electrons. The number of carbonyl (C=O) groups excluding carboxylic acids is 1. The van der Waals surface area contributed by atoms with Gasteiger partial charge in [-0.2, -0.15) is 0 Å². The summed E-state index contributed by atoms with van der Waals surface area (Å²) in [6.45, 7) is -0.0478. The van der Waals surface area contributed by atoms with Crippen molar-refractivity contribution in [3.05, 3.63) is 64.7 Å². The summed E-state index contributed by atoms with van der Waals surface area (Å²) in [5.41, 5.74) is 1.29. The first-order valence-electron chi connectivity index (χ1n) is 7.78. The van der Waals surface area contributed by atoms with Crippen LogP contribution >= 0.6 is 11.6 Å². The molecule has 1 atom stereocenters. The van der Waals surface area contributed by atoms with E-state index in [0.717, 1.165) is 17.7 Å². The van der Waals surface area contributed by atoms with Crippen LogP contribution in [0.4, 0.5) is 13.2 Å².